The van der Waals surface area contributed by atoms with E-state index in [0.29, 0.717) is 44.8 Å². The van der Waals surface area contributed by atoms with Gasteiger partial charge in [-0.2, -0.15) is 0 Å². The predicted molar refractivity (Wildman–Crippen MR) is 146 cm³/mol. The number of benzene rings is 2. The van der Waals surface area contributed by atoms with Gasteiger partial charge in [0.1, 0.15) is 17.9 Å². The first-order chi connectivity index (χ1) is 19.7. The molecule has 1 amide bonds. The van der Waals surface area contributed by atoms with E-state index < -0.39 is 17.6 Å². The number of nitrogens with zero attached hydrogens (tertiary/aromatic N) is 4. The van der Waals surface area contributed by atoms with Gasteiger partial charge in [-0.05, 0) is 42.8 Å². The highest BCUT2D eigenvalue weighted by atomic mass is 35.5. The van der Waals surface area contributed by atoms with Gasteiger partial charge in [0.15, 0.2) is 0 Å². The van der Waals surface area contributed by atoms with Gasteiger partial charge < -0.3 is 28.4 Å². The van der Waals surface area contributed by atoms with Gasteiger partial charge in [0.25, 0.3) is 11.7 Å². The Morgan fingerprint density at radius 1 is 1.17 bits per heavy atom. The van der Waals surface area contributed by atoms with Crippen molar-refractivity contribution in [3.05, 3.63) is 76.2 Å². The number of rotatable bonds is 7. The number of methoxy groups -OCH3 is 1. The maximum Gasteiger partial charge on any atom is 0.337 e. The molecule has 1 aromatic heterocycles. The fourth-order valence-corrected chi connectivity index (χ4v) is 5.49. The molecule has 6 rings (SSSR count). The van der Waals surface area contributed by atoms with E-state index in [4.69, 9.17) is 35.5 Å². The molecule has 41 heavy (non-hydrogen) atoms. The van der Waals surface area contributed by atoms with Crippen LogP contribution in [0.25, 0.3) is 11.0 Å². The summed E-state index contributed by atoms with van der Waals surface area (Å²) in [6.07, 6.45) is 2.33. The first-order valence-electron chi connectivity index (χ1n) is 13.5. The quantitative estimate of drug-likeness (QED) is 0.387. The van der Waals surface area contributed by atoms with Crippen LogP contribution < -0.4 is 0 Å². The van der Waals surface area contributed by atoms with E-state index in [1.807, 2.05) is 12.1 Å². The molecule has 3 aliphatic rings. The molecule has 0 spiro atoms. The first kappa shape index (κ1) is 27.5. The average Bonchev–Trinajstić information content (AvgIpc) is 3.50. The minimum atomic E-state index is -1.46. The van der Waals surface area contributed by atoms with Crippen LogP contribution in [0, 0.1) is 5.82 Å². The van der Waals surface area contributed by atoms with Crippen LogP contribution in [0.1, 0.15) is 35.1 Å². The van der Waals surface area contributed by atoms with Gasteiger partial charge in [-0.25, -0.2) is 14.2 Å². The molecule has 2 fully saturated rings. The van der Waals surface area contributed by atoms with Crippen LogP contribution in [0.15, 0.2) is 48.4 Å². The Balaban J connectivity index is 1.11. The Morgan fingerprint density at radius 2 is 1.95 bits per heavy atom. The zero-order chi connectivity index (χ0) is 28.7. The average molecular weight is 585 g/mol. The zero-order valence-electron chi connectivity index (χ0n) is 22.8. The molecule has 10 nitrogen and oxygen atoms in total. The van der Waals surface area contributed by atoms with Gasteiger partial charge in [-0.3, -0.25) is 9.69 Å². The number of amides is 1. The van der Waals surface area contributed by atoms with E-state index in [9.17, 15) is 14.0 Å². The summed E-state index contributed by atoms with van der Waals surface area (Å²) in [5.41, 5.74) is 2.28. The largest absolute Gasteiger partial charge is 0.465 e. The summed E-state index contributed by atoms with van der Waals surface area (Å²) in [4.78, 5) is 34.2. The molecule has 0 aliphatic carbocycles. The molecule has 2 atom stereocenters. The normalized spacial score (nSPS) is 22.6. The third-order valence-corrected chi connectivity index (χ3v) is 8.01. The lowest BCUT2D eigenvalue weighted by atomic mass is 10.1. The highest BCUT2D eigenvalue weighted by molar-refractivity contribution is 6.30. The SMILES string of the molecule is COC(=O)c1ccc2nc(CN3CCN(C(=O)C4=COC(C)(c5ccc(Cl)cc5F)O4)CC3)n(C[C@@H]3CCO3)c2c1. The van der Waals surface area contributed by atoms with E-state index >= 15 is 0 Å². The monoisotopic (exact) mass is 584 g/mol. The molecule has 4 heterocycles. The lowest BCUT2D eigenvalue weighted by Crippen LogP contribution is -2.49. The van der Waals surface area contributed by atoms with Gasteiger partial charge in [0.05, 0.1) is 48.5 Å². The fourth-order valence-electron chi connectivity index (χ4n) is 5.33. The highest BCUT2D eigenvalue weighted by Gasteiger charge is 2.42. The van der Waals surface area contributed by atoms with Gasteiger partial charge in [-0.15, -0.1) is 0 Å². The number of hydrogen-bond acceptors (Lipinski definition) is 8. The van der Waals surface area contributed by atoms with Crippen LogP contribution in [-0.4, -0.2) is 77.2 Å². The van der Waals surface area contributed by atoms with Gasteiger partial charge in [-0.1, -0.05) is 11.6 Å². The second-order valence-electron chi connectivity index (χ2n) is 10.5. The Hall–Kier alpha value is -3.67. The van der Waals surface area contributed by atoms with Crippen molar-refractivity contribution < 1.29 is 32.9 Å². The molecule has 0 saturated carbocycles. The Labute approximate surface area is 241 Å². The number of ether oxygens (including phenoxy) is 4. The molecule has 1 unspecified atom stereocenters. The zero-order valence-corrected chi connectivity index (χ0v) is 23.5. The minimum Gasteiger partial charge on any atom is -0.465 e. The van der Waals surface area contributed by atoms with Crippen molar-refractivity contribution >= 4 is 34.5 Å². The fraction of sp³-hybridized carbons (Fsp3) is 0.414. The van der Waals surface area contributed by atoms with Crippen molar-refractivity contribution in [2.75, 3.05) is 39.9 Å². The predicted octanol–water partition coefficient (Wildman–Crippen LogP) is 3.81. The Bertz CT molecular complexity index is 1530. The summed E-state index contributed by atoms with van der Waals surface area (Å²) < 4.78 is 38.7. The van der Waals surface area contributed by atoms with Gasteiger partial charge in [0.2, 0.25) is 5.76 Å². The molecule has 2 aromatic carbocycles. The summed E-state index contributed by atoms with van der Waals surface area (Å²) in [6.45, 7) is 5.73. The number of carbonyl (C=O) groups excluding carboxylic acids is 2. The second kappa shape index (κ2) is 11.0. The van der Waals surface area contributed by atoms with E-state index in [2.05, 4.69) is 9.47 Å². The van der Waals surface area contributed by atoms with E-state index in [-0.39, 0.29) is 28.4 Å². The summed E-state index contributed by atoms with van der Waals surface area (Å²) in [5.74, 6) is -1.85. The maximum atomic E-state index is 14.5. The van der Waals surface area contributed by atoms with Gasteiger partial charge >= 0.3 is 5.97 Å². The molecule has 0 N–H and O–H groups in total. The van der Waals surface area contributed by atoms with Crippen LogP contribution in [0.3, 0.4) is 0 Å². The van der Waals surface area contributed by atoms with Crippen molar-refractivity contribution in [3.8, 4) is 0 Å². The lowest BCUT2D eigenvalue weighted by Gasteiger charge is -2.35. The number of hydrogen-bond donors (Lipinski definition) is 0. The third-order valence-electron chi connectivity index (χ3n) is 7.78. The number of piperazine rings is 1. The van der Waals surface area contributed by atoms with Crippen LogP contribution in [0.5, 0.6) is 0 Å². The van der Waals surface area contributed by atoms with E-state index in [0.717, 1.165) is 29.9 Å². The number of aromatic nitrogens is 2. The van der Waals surface area contributed by atoms with Crippen molar-refractivity contribution in [1.82, 2.24) is 19.4 Å². The van der Waals surface area contributed by atoms with Crippen molar-refractivity contribution in [2.24, 2.45) is 0 Å². The molecule has 3 aliphatic heterocycles. The highest BCUT2D eigenvalue weighted by Crippen LogP contribution is 2.37. The minimum absolute atomic E-state index is 0.0269. The van der Waals surface area contributed by atoms with Crippen LogP contribution in [0.2, 0.25) is 5.02 Å². The third kappa shape index (κ3) is 5.37. The number of fused-ring (bicyclic) bond motifs is 1. The van der Waals surface area contributed by atoms with Crippen molar-refractivity contribution in [3.63, 3.8) is 0 Å². The van der Waals surface area contributed by atoms with Crippen molar-refractivity contribution in [2.45, 2.75) is 38.3 Å². The number of carbonyl (C=O) groups is 2. The van der Waals surface area contributed by atoms with E-state index in [1.54, 1.807) is 24.0 Å². The number of esters is 1. The summed E-state index contributed by atoms with van der Waals surface area (Å²) >= 11 is 5.87. The molecule has 0 bridgehead atoms. The standard InChI is InChI=1S/C29H30ClFN4O6/c1-29(21-5-4-19(30)14-22(21)31)40-17-25(41-29)27(36)34-10-8-33(9-11-34)16-26-32-23-6-3-18(28(37)38-2)13-24(23)35(26)15-20-7-12-39-20/h3-6,13-14,17,20H,7-12,15-16H2,1-2H3/t20-,29?/m0/s1. The molecule has 2 saturated heterocycles. The summed E-state index contributed by atoms with van der Waals surface area (Å²) in [5, 5.41) is 0.257. The maximum absolute atomic E-state index is 14.5. The van der Waals surface area contributed by atoms with Crippen LogP contribution in [0.4, 0.5) is 4.39 Å². The van der Waals surface area contributed by atoms with Crippen LogP contribution >= 0.6 is 11.6 Å². The smallest absolute Gasteiger partial charge is 0.337 e. The molecule has 3 aromatic rings. The molecule has 0 radical (unpaired) electrons. The Morgan fingerprint density at radius 3 is 2.63 bits per heavy atom. The molecule has 12 heteroatoms. The summed E-state index contributed by atoms with van der Waals surface area (Å²) in [7, 11) is 1.36. The molecular weight excluding hydrogens is 555 g/mol. The first-order valence-corrected chi connectivity index (χ1v) is 13.8. The topological polar surface area (TPSA) is 95.4 Å². The van der Waals surface area contributed by atoms with Crippen LogP contribution in [-0.2, 0) is 42.6 Å². The summed E-state index contributed by atoms with van der Waals surface area (Å²) in [6, 6.07) is 9.57. The number of imidazole rings is 1. The Kier molecular flexibility index (Phi) is 7.35. The number of halogens is 2. The van der Waals surface area contributed by atoms with Crippen molar-refractivity contribution in [1.29, 1.82) is 0 Å². The molecular formula is C29H30ClFN4O6. The second-order valence-corrected chi connectivity index (χ2v) is 10.9. The van der Waals surface area contributed by atoms with E-state index in [1.165, 1.54) is 25.5 Å². The lowest BCUT2D eigenvalue weighted by molar-refractivity contribution is -0.157. The van der Waals surface area contributed by atoms with Gasteiger partial charge in [0, 0.05) is 44.7 Å². The molecule has 216 valence electrons.